The van der Waals surface area contributed by atoms with Gasteiger partial charge in [-0.05, 0) is 58.8 Å². The van der Waals surface area contributed by atoms with Crippen LogP contribution in [0.5, 0.6) is 0 Å². The van der Waals surface area contributed by atoms with Crippen molar-refractivity contribution in [2.45, 2.75) is 32.6 Å². The van der Waals surface area contributed by atoms with Crippen molar-refractivity contribution in [1.29, 1.82) is 0 Å². The zero-order valence-electron chi connectivity index (χ0n) is 10.2. The van der Waals surface area contributed by atoms with E-state index < -0.39 is 0 Å². The maximum absolute atomic E-state index is 13.5. The lowest BCUT2D eigenvalue weighted by Crippen LogP contribution is -2.41. The van der Waals surface area contributed by atoms with E-state index in [0.29, 0.717) is 9.89 Å². The molecule has 0 unspecified atom stereocenters. The molecule has 1 saturated carbocycles. The molecule has 0 atom stereocenters. The Labute approximate surface area is 111 Å². The molecule has 0 bridgehead atoms. The van der Waals surface area contributed by atoms with Gasteiger partial charge in [-0.3, -0.25) is 0 Å². The average Bonchev–Trinajstić information content (AvgIpc) is 2.28. The topological polar surface area (TPSA) is 12.0 Å². The molecule has 0 saturated heterocycles. The predicted molar refractivity (Wildman–Crippen MR) is 72.6 cm³/mol. The molecular formula is C14H19BrFN. The highest BCUT2D eigenvalue weighted by atomic mass is 79.9. The third-order valence-electron chi connectivity index (χ3n) is 3.76. The highest BCUT2D eigenvalue weighted by Gasteiger charge is 2.36. The van der Waals surface area contributed by atoms with Gasteiger partial charge >= 0.3 is 0 Å². The molecule has 94 valence electrons. The SMILES string of the molecule is CCNCC1(Cc2cccc(F)c2Br)CCC1. The maximum Gasteiger partial charge on any atom is 0.137 e. The van der Waals surface area contributed by atoms with Crippen LogP contribution in [0.4, 0.5) is 4.39 Å². The fourth-order valence-corrected chi connectivity index (χ4v) is 2.98. The van der Waals surface area contributed by atoms with E-state index in [4.69, 9.17) is 0 Å². The molecule has 1 aromatic rings. The second-order valence-electron chi connectivity index (χ2n) is 5.02. The molecule has 17 heavy (non-hydrogen) atoms. The van der Waals surface area contributed by atoms with Gasteiger partial charge in [-0.25, -0.2) is 4.39 Å². The third-order valence-corrected chi connectivity index (χ3v) is 4.65. The van der Waals surface area contributed by atoms with Crippen molar-refractivity contribution in [2.75, 3.05) is 13.1 Å². The van der Waals surface area contributed by atoms with Gasteiger partial charge in [-0.2, -0.15) is 0 Å². The highest BCUT2D eigenvalue weighted by molar-refractivity contribution is 9.10. The monoisotopic (exact) mass is 299 g/mol. The van der Waals surface area contributed by atoms with Crippen molar-refractivity contribution < 1.29 is 4.39 Å². The van der Waals surface area contributed by atoms with Gasteiger partial charge in [0, 0.05) is 6.54 Å². The van der Waals surface area contributed by atoms with Gasteiger partial charge in [0.05, 0.1) is 4.47 Å². The van der Waals surface area contributed by atoms with E-state index in [-0.39, 0.29) is 5.82 Å². The van der Waals surface area contributed by atoms with Crippen molar-refractivity contribution in [3.63, 3.8) is 0 Å². The Hall–Kier alpha value is -0.410. The minimum Gasteiger partial charge on any atom is -0.316 e. The molecule has 1 nitrogen and oxygen atoms in total. The second-order valence-corrected chi connectivity index (χ2v) is 5.82. The van der Waals surface area contributed by atoms with Gasteiger partial charge < -0.3 is 5.32 Å². The van der Waals surface area contributed by atoms with Gasteiger partial charge in [0.15, 0.2) is 0 Å². The van der Waals surface area contributed by atoms with E-state index in [1.807, 2.05) is 6.07 Å². The Balaban J connectivity index is 2.10. The zero-order chi connectivity index (χ0) is 12.3. The Morgan fingerprint density at radius 2 is 2.18 bits per heavy atom. The van der Waals surface area contributed by atoms with Crippen LogP contribution in [-0.4, -0.2) is 13.1 Å². The van der Waals surface area contributed by atoms with Crippen LogP contribution in [0.15, 0.2) is 22.7 Å². The summed E-state index contributed by atoms with van der Waals surface area (Å²) in [4.78, 5) is 0. The molecule has 0 aromatic heterocycles. The van der Waals surface area contributed by atoms with E-state index in [2.05, 4.69) is 28.2 Å². The third kappa shape index (κ3) is 2.89. The summed E-state index contributed by atoms with van der Waals surface area (Å²) in [5.41, 5.74) is 1.45. The first-order chi connectivity index (χ1) is 8.17. The fraction of sp³-hybridized carbons (Fsp3) is 0.571. The largest absolute Gasteiger partial charge is 0.316 e. The van der Waals surface area contributed by atoms with Crippen LogP contribution >= 0.6 is 15.9 Å². The summed E-state index contributed by atoms with van der Waals surface area (Å²) in [6, 6.07) is 5.33. The lowest BCUT2D eigenvalue weighted by Gasteiger charge is -2.42. The zero-order valence-corrected chi connectivity index (χ0v) is 11.8. The molecule has 1 aromatic carbocycles. The summed E-state index contributed by atoms with van der Waals surface area (Å²) in [5.74, 6) is -0.152. The molecular weight excluding hydrogens is 281 g/mol. The first-order valence-electron chi connectivity index (χ1n) is 6.30. The normalized spacial score (nSPS) is 17.8. The molecule has 0 spiro atoms. The summed E-state index contributed by atoms with van der Waals surface area (Å²) in [6.07, 6.45) is 4.78. The lowest BCUT2D eigenvalue weighted by molar-refractivity contribution is 0.131. The summed E-state index contributed by atoms with van der Waals surface area (Å²) in [5, 5.41) is 3.44. The molecule has 3 heteroatoms. The van der Waals surface area contributed by atoms with Gasteiger partial charge in [-0.15, -0.1) is 0 Å². The summed E-state index contributed by atoms with van der Waals surface area (Å²) < 4.78 is 14.1. The Morgan fingerprint density at radius 3 is 2.76 bits per heavy atom. The molecule has 1 N–H and O–H groups in total. The van der Waals surface area contributed by atoms with Gasteiger partial charge in [0.1, 0.15) is 5.82 Å². The standard InChI is InChI=1S/C14H19BrFN/c1-2-17-10-14(7-4-8-14)9-11-5-3-6-12(16)13(11)15/h3,5-6,17H,2,4,7-10H2,1H3. The number of rotatable bonds is 5. The first kappa shape index (κ1) is 13.0. The molecule has 1 aliphatic rings. The highest BCUT2D eigenvalue weighted by Crippen LogP contribution is 2.44. The van der Waals surface area contributed by atoms with Crippen molar-refractivity contribution in [3.05, 3.63) is 34.1 Å². The smallest absolute Gasteiger partial charge is 0.137 e. The van der Waals surface area contributed by atoms with Crippen LogP contribution < -0.4 is 5.32 Å². The first-order valence-corrected chi connectivity index (χ1v) is 7.10. The van der Waals surface area contributed by atoms with Crippen molar-refractivity contribution in [3.8, 4) is 0 Å². The Bertz CT molecular complexity index is 388. The van der Waals surface area contributed by atoms with Crippen LogP contribution in [0.2, 0.25) is 0 Å². The number of halogens is 2. The molecule has 0 radical (unpaired) electrons. The molecule has 0 heterocycles. The van der Waals surface area contributed by atoms with E-state index in [1.54, 1.807) is 6.07 Å². The van der Waals surface area contributed by atoms with Crippen LogP contribution in [0.1, 0.15) is 31.7 Å². The van der Waals surface area contributed by atoms with E-state index >= 15 is 0 Å². The van der Waals surface area contributed by atoms with Crippen LogP contribution in [0, 0.1) is 11.2 Å². The molecule has 1 fully saturated rings. The summed E-state index contributed by atoms with van der Waals surface area (Å²) in [6.45, 7) is 4.18. The average molecular weight is 300 g/mol. The number of nitrogens with one attached hydrogen (secondary N) is 1. The fourth-order valence-electron chi connectivity index (χ4n) is 2.57. The minimum absolute atomic E-state index is 0.152. The molecule has 2 rings (SSSR count). The molecule has 1 aliphatic carbocycles. The van der Waals surface area contributed by atoms with E-state index in [9.17, 15) is 4.39 Å². The van der Waals surface area contributed by atoms with Crippen LogP contribution in [-0.2, 0) is 6.42 Å². The van der Waals surface area contributed by atoms with Gasteiger partial charge in [-0.1, -0.05) is 25.5 Å². The second kappa shape index (κ2) is 5.49. The number of benzene rings is 1. The Kier molecular flexibility index (Phi) is 4.21. The Morgan fingerprint density at radius 1 is 1.41 bits per heavy atom. The van der Waals surface area contributed by atoms with Gasteiger partial charge in [0.25, 0.3) is 0 Å². The van der Waals surface area contributed by atoms with Crippen LogP contribution in [0.3, 0.4) is 0 Å². The summed E-state index contributed by atoms with van der Waals surface area (Å²) >= 11 is 3.36. The van der Waals surface area contributed by atoms with Crippen LogP contribution in [0.25, 0.3) is 0 Å². The molecule has 0 amide bonds. The van der Waals surface area contributed by atoms with Gasteiger partial charge in [0.2, 0.25) is 0 Å². The van der Waals surface area contributed by atoms with Crippen molar-refractivity contribution in [1.82, 2.24) is 5.32 Å². The van der Waals surface area contributed by atoms with Crippen molar-refractivity contribution in [2.24, 2.45) is 5.41 Å². The predicted octanol–water partition coefficient (Wildman–Crippen LogP) is 3.91. The number of hydrogen-bond donors (Lipinski definition) is 1. The maximum atomic E-state index is 13.5. The molecule has 0 aliphatic heterocycles. The lowest BCUT2D eigenvalue weighted by atomic mass is 9.65. The number of hydrogen-bond acceptors (Lipinski definition) is 1. The van der Waals surface area contributed by atoms with E-state index in [0.717, 1.165) is 25.1 Å². The minimum atomic E-state index is -0.152. The van der Waals surface area contributed by atoms with Crippen molar-refractivity contribution >= 4 is 15.9 Å². The summed E-state index contributed by atoms with van der Waals surface area (Å²) in [7, 11) is 0. The van der Waals surface area contributed by atoms with E-state index in [1.165, 1.54) is 25.3 Å². The quantitative estimate of drug-likeness (QED) is 0.869.